The van der Waals surface area contributed by atoms with Gasteiger partial charge in [-0.3, -0.25) is 9.63 Å². The standard InChI is InChI=1S/C13H18N2O5S/c1-5-8-14-13(16)10-6-7-11(19-3)12(9-10)21(17,18)15(2)20-4/h5-7,9H,1,8H2,2-4H3,(H,14,16). The van der Waals surface area contributed by atoms with Gasteiger partial charge in [0.1, 0.15) is 10.6 Å². The largest absolute Gasteiger partial charge is 0.495 e. The van der Waals surface area contributed by atoms with Crippen molar-refractivity contribution < 1.29 is 22.8 Å². The molecule has 1 aromatic carbocycles. The molecule has 1 N–H and O–H groups in total. The minimum atomic E-state index is -3.92. The third-order valence-corrected chi connectivity index (χ3v) is 4.41. The predicted molar refractivity (Wildman–Crippen MR) is 77.5 cm³/mol. The third kappa shape index (κ3) is 3.81. The molecule has 0 fully saturated rings. The molecule has 0 aliphatic carbocycles. The summed E-state index contributed by atoms with van der Waals surface area (Å²) < 4.78 is 30.3. The Balaban J connectivity index is 3.30. The highest BCUT2D eigenvalue weighted by Gasteiger charge is 2.26. The number of nitrogens with one attached hydrogen (secondary N) is 1. The average Bonchev–Trinajstić information content (AvgIpc) is 2.50. The summed E-state index contributed by atoms with van der Waals surface area (Å²) in [4.78, 5) is 16.4. The Bertz CT molecular complexity index is 627. The van der Waals surface area contributed by atoms with Crippen LogP contribution in [0, 0.1) is 0 Å². The first-order chi connectivity index (χ1) is 9.88. The number of rotatable bonds is 7. The zero-order valence-corrected chi connectivity index (χ0v) is 12.9. The Kier molecular flexibility index (Phi) is 5.89. The van der Waals surface area contributed by atoms with E-state index >= 15 is 0 Å². The van der Waals surface area contributed by atoms with E-state index in [9.17, 15) is 13.2 Å². The van der Waals surface area contributed by atoms with Crippen LogP contribution in [0.3, 0.4) is 0 Å². The van der Waals surface area contributed by atoms with Crippen LogP contribution in [-0.4, -0.2) is 46.6 Å². The van der Waals surface area contributed by atoms with Gasteiger partial charge in [-0.05, 0) is 18.2 Å². The molecule has 1 amide bonds. The maximum absolute atomic E-state index is 12.3. The van der Waals surface area contributed by atoms with Gasteiger partial charge in [0.2, 0.25) is 0 Å². The summed E-state index contributed by atoms with van der Waals surface area (Å²) in [5, 5.41) is 2.57. The van der Waals surface area contributed by atoms with Crippen LogP contribution in [0.2, 0.25) is 0 Å². The van der Waals surface area contributed by atoms with Crippen LogP contribution in [0.4, 0.5) is 0 Å². The SMILES string of the molecule is C=CCNC(=O)c1ccc(OC)c(S(=O)(=O)N(C)OC)c1. The molecular formula is C13H18N2O5S. The summed E-state index contributed by atoms with van der Waals surface area (Å²) in [6.07, 6.45) is 1.53. The first-order valence-electron chi connectivity index (χ1n) is 5.98. The summed E-state index contributed by atoms with van der Waals surface area (Å²) in [5.74, 6) is -0.284. The molecule has 7 nitrogen and oxygen atoms in total. The van der Waals surface area contributed by atoms with E-state index in [4.69, 9.17) is 9.57 Å². The lowest BCUT2D eigenvalue weighted by Gasteiger charge is -2.17. The van der Waals surface area contributed by atoms with Crippen LogP contribution >= 0.6 is 0 Å². The van der Waals surface area contributed by atoms with E-state index in [1.54, 1.807) is 0 Å². The third-order valence-electron chi connectivity index (χ3n) is 2.71. The number of sulfonamides is 1. The van der Waals surface area contributed by atoms with E-state index < -0.39 is 15.9 Å². The first-order valence-corrected chi connectivity index (χ1v) is 7.42. The second kappa shape index (κ2) is 7.21. The van der Waals surface area contributed by atoms with Gasteiger partial charge < -0.3 is 10.1 Å². The van der Waals surface area contributed by atoms with Gasteiger partial charge >= 0.3 is 0 Å². The molecule has 0 atom stereocenters. The number of methoxy groups -OCH3 is 1. The van der Waals surface area contributed by atoms with Crippen molar-refractivity contribution in [2.24, 2.45) is 0 Å². The Morgan fingerprint density at radius 2 is 2.10 bits per heavy atom. The van der Waals surface area contributed by atoms with Crippen LogP contribution in [-0.2, 0) is 14.9 Å². The van der Waals surface area contributed by atoms with E-state index in [0.717, 1.165) is 0 Å². The van der Waals surface area contributed by atoms with Crippen molar-refractivity contribution in [3.63, 3.8) is 0 Å². The maximum Gasteiger partial charge on any atom is 0.268 e. The Hall–Kier alpha value is -1.90. The average molecular weight is 314 g/mol. The van der Waals surface area contributed by atoms with Gasteiger partial charge in [0.15, 0.2) is 0 Å². The van der Waals surface area contributed by atoms with Gasteiger partial charge in [0.25, 0.3) is 15.9 Å². The van der Waals surface area contributed by atoms with Gasteiger partial charge in [-0.15, -0.1) is 6.58 Å². The Morgan fingerprint density at radius 1 is 1.43 bits per heavy atom. The number of hydroxylamine groups is 1. The molecular weight excluding hydrogens is 296 g/mol. The van der Waals surface area contributed by atoms with Crippen molar-refractivity contribution in [1.82, 2.24) is 9.79 Å². The van der Waals surface area contributed by atoms with Gasteiger partial charge in [0.05, 0.1) is 14.2 Å². The first kappa shape index (κ1) is 17.2. The molecule has 1 rings (SSSR count). The fraction of sp³-hybridized carbons (Fsp3) is 0.308. The predicted octanol–water partition coefficient (Wildman–Crippen LogP) is 0.793. The van der Waals surface area contributed by atoms with E-state index in [1.165, 1.54) is 45.5 Å². The zero-order valence-electron chi connectivity index (χ0n) is 12.1. The lowest BCUT2D eigenvalue weighted by atomic mass is 10.2. The number of carbonyl (C=O) groups excluding carboxylic acids is 1. The molecule has 0 heterocycles. The number of hydrogen-bond acceptors (Lipinski definition) is 5. The van der Waals surface area contributed by atoms with Crippen molar-refractivity contribution in [1.29, 1.82) is 0 Å². The zero-order chi connectivity index (χ0) is 16.0. The molecule has 0 spiro atoms. The summed E-state index contributed by atoms with van der Waals surface area (Å²) in [6.45, 7) is 3.77. The molecule has 0 aliphatic rings. The van der Waals surface area contributed by atoms with Crippen molar-refractivity contribution in [2.45, 2.75) is 4.90 Å². The molecule has 0 radical (unpaired) electrons. The van der Waals surface area contributed by atoms with E-state index in [1.807, 2.05) is 0 Å². The van der Waals surface area contributed by atoms with Crippen LogP contribution in [0.5, 0.6) is 5.75 Å². The quantitative estimate of drug-likeness (QED) is 0.594. The minimum absolute atomic E-state index is 0.124. The molecule has 0 unspecified atom stereocenters. The molecule has 0 aromatic heterocycles. The number of amides is 1. The highest BCUT2D eigenvalue weighted by atomic mass is 32.2. The Morgan fingerprint density at radius 3 is 2.62 bits per heavy atom. The van der Waals surface area contributed by atoms with E-state index in [2.05, 4.69) is 11.9 Å². The van der Waals surface area contributed by atoms with Gasteiger partial charge in [-0.25, -0.2) is 8.42 Å². The summed E-state index contributed by atoms with van der Waals surface area (Å²) in [5.41, 5.74) is 0.195. The maximum atomic E-state index is 12.3. The molecule has 1 aromatic rings. The molecule has 116 valence electrons. The molecule has 0 aliphatic heterocycles. The van der Waals surface area contributed by atoms with Crippen molar-refractivity contribution in [3.05, 3.63) is 36.4 Å². The monoisotopic (exact) mass is 314 g/mol. The topological polar surface area (TPSA) is 84.9 Å². The number of carbonyl (C=O) groups is 1. The molecule has 0 saturated carbocycles. The second-order valence-electron chi connectivity index (χ2n) is 3.96. The van der Waals surface area contributed by atoms with Crippen LogP contribution in [0.1, 0.15) is 10.4 Å². The summed E-state index contributed by atoms with van der Waals surface area (Å²) >= 11 is 0. The minimum Gasteiger partial charge on any atom is -0.495 e. The molecule has 0 bridgehead atoms. The second-order valence-corrected chi connectivity index (χ2v) is 5.87. The van der Waals surface area contributed by atoms with Crippen LogP contribution < -0.4 is 10.1 Å². The summed E-state index contributed by atoms with van der Waals surface area (Å²) in [7, 11) is -0.100. The van der Waals surface area contributed by atoms with Gasteiger partial charge in [-0.2, -0.15) is 0 Å². The fourth-order valence-electron chi connectivity index (χ4n) is 1.52. The molecule has 0 saturated heterocycles. The number of hydrogen-bond donors (Lipinski definition) is 1. The lowest BCUT2D eigenvalue weighted by molar-refractivity contribution is -0.0259. The van der Waals surface area contributed by atoms with Gasteiger partial charge in [-0.1, -0.05) is 10.5 Å². The van der Waals surface area contributed by atoms with E-state index in [0.29, 0.717) is 4.47 Å². The normalized spacial score (nSPS) is 11.2. The Labute approximate surface area is 124 Å². The van der Waals surface area contributed by atoms with Crippen LogP contribution in [0.25, 0.3) is 0 Å². The van der Waals surface area contributed by atoms with Gasteiger partial charge in [0, 0.05) is 19.2 Å². The van der Waals surface area contributed by atoms with Crippen molar-refractivity contribution >= 4 is 15.9 Å². The highest BCUT2D eigenvalue weighted by Crippen LogP contribution is 2.27. The molecule has 21 heavy (non-hydrogen) atoms. The van der Waals surface area contributed by atoms with Crippen molar-refractivity contribution in [2.75, 3.05) is 27.8 Å². The smallest absolute Gasteiger partial charge is 0.268 e. The fourth-order valence-corrected chi connectivity index (χ4v) is 2.68. The number of benzene rings is 1. The molecule has 8 heteroatoms. The van der Waals surface area contributed by atoms with Crippen LogP contribution in [0.15, 0.2) is 35.7 Å². The highest BCUT2D eigenvalue weighted by molar-refractivity contribution is 7.89. The number of ether oxygens (including phenoxy) is 1. The summed E-state index contributed by atoms with van der Waals surface area (Å²) in [6, 6.07) is 4.13. The number of nitrogens with zero attached hydrogens (tertiary/aromatic N) is 1. The lowest BCUT2D eigenvalue weighted by Crippen LogP contribution is -2.27. The van der Waals surface area contributed by atoms with E-state index in [-0.39, 0.29) is 22.8 Å². The van der Waals surface area contributed by atoms with Crippen molar-refractivity contribution in [3.8, 4) is 5.75 Å².